The van der Waals surface area contributed by atoms with E-state index in [2.05, 4.69) is 98.9 Å². The molecule has 1 aliphatic carbocycles. The van der Waals surface area contributed by atoms with Gasteiger partial charge in [0.25, 0.3) is 0 Å². The minimum Gasteiger partial charge on any atom is -0.457 e. The Hall–Kier alpha value is -3.00. The van der Waals surface area contributed by atoms with Gasteiger partial charge < -0.3 is 39.9 Å². The van der Waals surface area contributed by atoms with Crippen molar-refractivity contribution < 1.29 is 58.3 Å². The minimum atomic E-state index is -5.05. The van der Waals surface area contributed by atoms with Crippen LogP contribution in [0.3, 0.4) is 0 Å². The van der Waals surface area contributed by atoms with Crippen molar-refractivity contribution in [3.8, 4) is 0 Å². The minimum absolute atomic E-state index is 0.0530. The summed E-state index contributed by atoms with van der Waals surface area (Å²) in [5.74, 6) is -0.609. The molecule has 12 nitrogen and oxygen atoms in total. The van der Waals surface area contributed by atoms with Crippen LogP contribution >= 0.6 is 7.82 Å². The lowest BCUT2D eigenvalue weighted by atomic mass is 9.85. The van der Waals surface area contributed by atoms with Gasteiger partial charge in [-0.25, -0.2) is 4.57 Å². The molecule has 1 rings (SSSR count). The van der Waals surface area contributed by atoms with Crippen molar-refractivity contribution in [1.29, 1.82) is 0 Å². The molecular weight excluding hydrogens is 860 g/mol. The zero-order chi connectivity index (χ0) is 48.4. The van der Waals surface area contributed by atoms with Crippen molar-refractivity contribution in [2.24, 2.45) is 0 Å². The van der Waals surface area contributed by atoms with Crippen LogP contribution in [0.25, 0.3) is 0 Å². The SMILES string of the molecule is CC/C=C\C/C=C\C/C=C\C/C=C\C/C=C\CC(=O)OC(COCCCCCCCCCCCCC/C=C\C/C=C\C/C=C\C/C=C\CC)COP(=O)(O)OC1C(O)C(O)C(O)C(O)C1O. The summed E-state index contributed by atoms with van der Waals surface area (Å²) >= 11 is 0. The third kappa shape index (κ3) is 33.5. The molecule has 376 valence electrons. The molecule has 0 spiro atoms. The lowest BCUT2D eigenvalue weighted by Gasteiger charge is -2.41. The largest absolute Gasteiger partial charge is 0.472 e. The zero-order valence-corrected chi connectivity index (χ0v) is 41.1. The molecule has 1 aliphatic rings. The van der Waals surface area contributed by atoms with Crippen molar-refractivity contribution in [2.45, 2.75) is 198 Å². The molecule has 0 aromatic carbocycles. The Kier molecular flexibility index (Phi) is 38.9. The van der Waals surface area contributed by atoms with E-state index in [4.69, 9.17) is 18.5 Å². The number of allylic oxidation sites excluding steroid dienone is 17. The van der Waals surface area contributed by atoms with Crippen LogP contribution in [0.2, 0.25) is 0 Å². The Balaban J connectivity index is 2.38. The summed E-state index contributed by atoms with van der Waals surface area (Å²) in [5.41, 5.74) is 0. The fraction of sp³-hybridized carbons (Fsp3) is 0.642. The monoisotopic (exact) mass is 947 g/mol. The highest BCUT2D eigenvalue weighted by Gasteiger charge is 2.51. The van der Waals surface area contributed by atoms with Gasteiger partial charge in [-0.15, -0.1) is 0 Å². The quantitative estimate of drug-likeness (QED) is 0.0148. The van der Waals surface area contributed by atoms with Crippen LogP contribution in [0.15, 0.2) is 109 Å². The number of unbranched alkanes of at least 4 members (excludes halogenated alkanes) is 11. The second kappa shape index (κ2) is 42.1. The maximum absolute atomic E-state index is 12.8. The van der Waals surface area contributed by atoms with E-state index >= 15 is 0 Å². The molecule has 0 aromatic heterocycles. The number of phosphoric acid groups is 1. The highest BCUT2D eigenvalue weighted by Crippen LogP contribution is 2.47. The second-order valence-electron chi connectivity index (χ2n) is 16.6. The number of phosphoric ester groups is 1. The summed E-state index contributed by atoms with van der Waals surface area (Å²) in [6.07, 6.45) is 47.6. The topological polar surface area (TPSA) is 192 Å². The van der Waals surface area contributed by atoms with E-state index in [1.807, 2.05) is 18.2 Å². The standard InChI is InChI=1S/C53H87O12P/c1-3-5-7-9-11-13-15-17-19-20-21-22-23-24-25-26-27-29-31-33-35-37-39-41-43-62-44-46(45-63-66(60,61)65-53-51(58)49(56)48(55)50(57)52(53)59)64-47(54)42-40-38-36-34-32-30-28-18-16-14-12-10-8-6-4-2/h5-8,11-14,17-19,21-22,28,32,34,38,40,46,48-53,55-59H,3-4,9-10,15-16,20,23-27,29-31,33,35-37,39,41-45H2,1-2H3,(H,60,61)/b7-5-,8-6-,13-11-,14-12-,19-17-,22-21-,28-18-,34-32-,40-38-. The van der Waals surface area contributed by atoms with Crippen LogP contribution in [0.5, 0.6) is 0 Å². The molecule has 1 saturated carbocycles. The number of rotatable bonds is 40. The molecule has 0 bridgehead atoms. The van der Waals surface area contributed by atoms with E-state index in [-0.39, 0.29) is 13.0 Å². The highest BCUT2D eigenvalue weighted by molar-refractivity contribution is 7.47. The summed E-state index contributed by atoms with van der Waals surface area (Å²) in [7, 11) is -5.05. The molecule has 13 heteroatoms. The van der Waals surface area contributed by atoms with E-state index in [0.29, 0.717) is 13.0 Å². The van der Waals surface area contributed by atoms with E-state index in [9.17, 15) is 39.8 Å². The van der Waals surface area contributed by atoms with E-state index in [1.165, 1.54) is 44.9 Å². The van der Waals surface area contributed by atoms with Gasteiger partial charge in [0, 0.05) is 6.61 Å². The second-order valence-corrected chi connectivity index (χ2v) is 18.0. The lowest BCUT2D eigenvalue weighted by molar-refractivity contribution is -0.220. The number of hydrogen-bond acceptors (Lipinski definition) is 11. The first-order valence-electron chi connectivity index (χ1n) is 24.7. The predicted molar refractivity (Wildman–Crippen MR) is 267 cm³/mol. The molecule has 0 amide bonds. The lowest BCUT2D eigenvalue weighted by Crippen LogP contribution is -2.64. The van der Waals surface area contributed by atoms with Gasteiger partial charge in [0.1, 0.15) is 42.7 Å². The molecule has 6 N–H and O–H groups in total. The Bertz CT molecular complexity index is 1500. The molecule has 0 aromatic rings. The molecule has 6 atom stereocenters. The van der Waals surface area contributed by atoms with Gasteiger partial charge in [0.2, 0.25) is 0 Å². The predicted octanol–water partition coefficient (Wildman–Crippen LogP) is 10.9. The van der Waals surface area contributed by atoms with Crippen LogP contribution in [-0.2, 0) is 27.9 Å². The van der Waals surface area contributed by atoms with Crippen molar-refractivity contribution in [1.82, 2.24) is 0 Å². The average Bonchev–Trinajstić information content (AvgIpc) is 3.30. The summed E-state index contributed by atoms with van der Waals surface area (Å²) < 4.78 is 34.1. The first-order valence-corrected chi connectivity index (χ1v) is 26.2. The van der Waals surface area contributed by atoms with Crippen molar-refractivity contribution in [3.63, 3.8) is 0 Å². The summed E-state index contributed by atoms with van der Waals surface area (Å²) in [4.78, 5) is 23.1. The Morgan fingerprint density at radius 1 is 0.485 bits per heavy atom. The van der Waals surface area contributed by atoms with Gasteiger partial charge in [-0.2, -0.15) is 0 Å². The summed E-state index contributed by atoms with van der Waals surface area (Å²) in [6.45, 7) is 3.90. The normalized spacial score (nSPS) is 22.4. The Labute approximate surface area is 397 Å². The van der Waals surface area contributed by atoms with Crippen molar-refractivity contribution >= 4 is 13.8 Å². The smallest absolute Gasteiger partial charge is 0.457 e. The van der Waals surface area contributed by atoms with Crippen LogP contribution in [0.4, 0.5) is 0 Å². The summed E-state index contributed by atoms with van der Waals surface area (Å²) in [6, 6.07) is 0. The van der Waals surface area contributed by atoms with Crippen LogP contribution < -0.4 is 0 Å². The van der Waals surface area contributed by atoms with Gasteiger partial charge in [-0.3, -0.25) is 13.8 Å². The number of carbonyl (C=O) groups excluding carboxylic acids is 1. The average molecular weight is 947 g/mol. The number of aliphatic hydroxyl groups excluding tert-OH is 5. The Morgan fingerprint density at radius 3 is 1.29 bits per heavy atom. The number of aliphatic hydroxyl groups is 5. The maximum Gasteiger partial charge on any atom is 0.472 e. The molecule has 66 heavy (non-hydrogen) atoms. The molecule has 6 unspecified atom stereocenters. The van der Waals surface area contributed by atoms with Crippen LogP contribution in [0.1, 0.15) is 155 Å². The molecule has 0 saturated heterocycles. The van der Waals surface area contributed by atoms with Crippen LogP contribution in [0, 0.1) is 0 Å². The van der Waals surface area contributed by atoms with Crippen LogP contribution in [-0.4, -0.2) is 98.9 Å². The van der Waals surface area contributed by atoms with E-state index < -0.39 is 63.1 Å². The van der Waals surface area contributed by atoms with Gasteiger partial charge >= 0.3 is 13.8 Å². The zero-order valence-electron chi connectivity index (χ0n) is 40.2. The van der Waals surface area contributed by atoms with Gasteiger partial charge in [0.05, 0.1) is 19.6 Å². The fourth-order valence-electron chi connectivity index (χ4n) is 6.83. The number of ether oxygens (including phenoxy) is 2. The molecule has 0 aliphatic heterocycles. The Morgan fingerprint density at radius 2 is 0.848 bits per heavy atom. The fourth-order valence-corrected chi connectivity index (χ4v) is 7.81. The van der Waals surface area contributed by atoms with Gasteiger partial charge in [0.15, 0.2) is 0 Å². The third-order valence-corrected chi connectivity index (χ3v) is 11.7. The molecule has 1 fully saturated rings. The molecule has 0 radical (unpaired) electrons. The van der Waals surface area contributed by atoms with Crippen molar-refractivity contribution in [3.05, 3.63) is 109 Å². The van der Waals surface area contributed by atoms with Gasteiger partial charge in [-0.1, -0.05) is 181 Å². The van der Waals surface area contributed by atoms with Crippen molar-refractivity contribution in [2.75, 3.05) is 19.8 Å². The highest BCUT2D eigenvalue weighted by atomic mass is 31.2. The number of carbonyl (C=O) groups is 1. The maximum atomic E-state index is 12.8. The van der Waals surface area contributed by atoms with E-state index in [0.717, 1.165) is 83.5 Å². The number of esters is 1. The third-order valence-electron chi connectivity index (χ3n) is 10.7. The van der Waals surface area contributed by atoms with E-state index in [1.54, 1.807) is 6.08 Å². The molecular formula is C53H87O12P. The first kappa shape index (κ1) is 61.0. The van der Waals surface area contributed by atoms with Gasteiger partial charge in [-0.05, 0) is 77.0 Å². The number of hydrogen-bond donors (Lipinski definition) is 6. The molecule has 0 heterocycles. The summed E-state index contributed by atoms with van der Waals surface area (Å²) in [5, 5.41) is 50.2. The first-order chi connectivity index (χ1) is 32.0.